The van der Waals surface area contributed by atoms with Crippen molar-refractivity contribution in [3.05, 3.63) is 0 Å². The Morgan fingerprint density at radius 2 is 1.86 bits per heavy atom. The topological polar surface area (TPSA) is 53.7 Å². The molecule has 0 heterocycles. The largest absolute Gasteiger partial charge is 0.379 e. The molecule has 0 aromatic rings. The zero-order valence-corrected chi connectivity index (χ0v) is 9.49. The van der Waals surface area contributed by atoms with Crippen LogP contribution < -0.4 is 5.90 Å². The Hall–Kier alpha value is -0.160. The zero-order valence-electron chi connectivity index (χ0n) is 9.49. The van der Waals surface area contributed by atoms with Gasteiger partial charge in [0.15, 0.2) is 0 Å². The SMILES string of the molecule is CCCCOCC(C)OCC(C)ON. The van der Waals surface area contributed by atoms with Crippen LogP contribution in [-0.2, 0) is 14.3 Å². The fourth-order valence-electron chi connectivity index (χ4n) is 0.883. The molecule has 0 aliphatic heterocycles. The van der Waals surface area contributed by atoms with Crippen molar-refractivity contribution in [3.63, 3.8) is 0 Å². The molecule has 4 nitrogen and oxygen atoms in total. The molecule has 0 aliphatic rings. The van der Waals surface area contributed by atoms with Gasteiger partial charge in [-0.1, -0.05) is 13.3 Å². The van der Waals surface area contributed by atoms with E-state index in [-0.39, 0.29) is 12.2 Å². The molecule has 4 heteroatoms. The summed E-state index contributed by atoms with van der Waals surface area (Å²) in [5.41, 5.74) is 0. The van der Waals surface area contributed by atoms with E-state index in [1.54, 1.807) is 0 Å². The van der Waals surface area contributed by atoms with Gasteiger partial charge in [0, 0.05) is 6.61 Å². The lowest BCUT2D eigenvalue weighted by molar-refractivity contribution is -0.0580. The van der Waals surface area contributed by atoms with E-state index in [0.29, 0.717) is 13.2 Å². The van der Waals surface area contributed by atoms with E-state index in [0.717, 1.165) is 19.4 Å². The Bertz CT molecular complexity index is 122. The summed E-state index contributed by atoms with van der Waals surface area (Å²) in [6.07, 6.45) is 2.31. The second-order valence-corrected chi connectivity index (χ2v) is 3.52. The standard InChI is InChI=1S/C10H23NO3/c1-4-5-6-12-7-9(2)13-8-10(3)14-11/h9-10H,4-8,11H2,1-3H3. The highest BCUT2D eigenvalue weighted by Crippen LogP contribution is 1.97. The van der Waals surface area contributed by atoms with Crippen molar-refractivity contribution in [1.82, 2.24) is 0 Å². The summed E-state index contributed by atoms with van der Waals surface area (Å²) < 4.78 is 10.8. The molecule has 0 radical (unpaired) electrons. The van der Waals surface area contributed by atoms with Crippen LogP contribution in [0.3, 0.4) is 0 Å². The molecule has 2 unspecified atom stereocenters. The lowest BCUT2D eigenvalue weighted by Gasteiger charge is -2.15. The molecule has 2 atom stereocenters. The summed E-state index contributed by atoms with van der Waals surface area (Å²) in [7, 11) is 0. The minimum absolute atomic E-state index is 0.0620. The van der Waals surface area contributed by atoms with Crippen LogP contribution in [0.25, 0.3) is 0 Å². The molecule has 0 saturated carbocycles. The van der Waals surface area contributed by atoms with Gasteiger partial charge < -0.3 is 9.47 Å². The first kappa shape index (κ1) is 13.8. The molecule has 0 aliphatic carbocycles. The maximum Gasteiger partial charge on any atom is 0.0992 e. The average Bonchev–Trinajstić information content (AvgIpc) is 2.21. The van der Waals surface area contributed by atoms with Crippen molar-refractivity contribution in [2.24, 2.45) is 5.90 Å². The number of hydrogen-bond acceptors (Lipinski definition) is 4. The van der Waals surface area contributed by atoms with Gasteiger partial charge in [0.25, 0.3) is 0 Å². The van der Waals surface area contributed by atoms with E-state index in [1.165, 1.54) is 0 Å². The Morgan fingerprint density at radius 1 is 1.14 bits per heavy atom. The summed E-state index contributed by atoms with van der Waals surface area (Å²) in [6.45, 7) is 7.95. The van der Waals surface area contributed by atoms with E-state index in [2.05, 4.69) is 11.8 Å². The van der Waals surface area contributed by atoms with Crippen molar-refractivity contribution < 1.29 is 14.3 Å². The van der Waals surface area contributed by atoms with Gasteiger partial charge in [0.05, 0.1) is 25.4 Å². The Morgan fingerprint density at radius 3 is 2.43 bits per heavy atom. The van der Waals surface area contributed by atoms with E-state index >= 15 is 0 Å². The molecule has 0 saturated heterocycles. The molecular formula is C10H23NO3. The summed E-state index contributed by atoms with van der Waals surface area (Å²) in [5, 5.41) is 0. The number of nitrogens with two attached hydrogens (primary N) is 1. The normalized spacial score (nSPS) is 15.4. The second kappa shape index (κ2) is 9.40. The highest BCUT2D eigenvalue weighted by atomic mass is 16.6. The maximum absolute atomic E-state index is 5.44. The third-order valence-electron chi connectivity index (χ3n) is 1.84. The lowest BCUT2D eigenvalue weighted by atomic mass is 10.3. The maximum atomic E-state index is 5.44. The minimum Gasteiger partial charge on any atom is -0.379 e. The Balaban J connectivity index is 3.23. The van der Waals surface area contributed by atoms with Crippen LogP contribution >= 0.6 is 0 Å². The molecule has 0 amide bonds. The van der Waals surface area contributed by atoms with Gasteiger partial charge in [0.1, 0.15) is 0 Å². The number of rotatable bonds is 9. The van der Waals surface area contributed by atoms with Crippen LogP contribution in [-0.4, -0.2) is 32.0 Å². The Kier molecular flexibility index (Phi) is 9.29. The molecule has 0 rings (SSSR count). The van der Waals surface area contributed by atoms with Gasteiger partial charge >= 0.3 is 0 Å². The molecular weight excluding hydrogens is 182 g/mol. The monoisotopic (exact) mass is 205 g/mol. The van der Waals surface area contributed by atoms with Gasteiger partial charge in [-0.15, -0.1) is 0 Å². The fourth-order valence-corrected chi connectivity index (χ4v) is 0.883. The zero-order chi connectivity index (χ0) is 10.8. The predicted octanol–water partition coefficient (Wildman–Crippen LogP) is 1.49. The molecule has 0 aromatic carbocycles. The van der Waals surface area contributed by atoms with Crippen LogP contribution in [0.1, 0.15) is 33.6 Å². The highest BCUT2D eigenvalue weighted by Gasteiger charge is 2.05. The summed E-state index contributed by atoms with van der Waals surface area (Å²) in [6, 6.07) is 0. The van der Waals surface area contributed by atoms with Crippen molar-refractivity contribution in [3.8, 4) is 0 Å². The molecule has 0 aromatic heterocycles. The summed E-state index contributed by atoms with van der Waals surface area (Å²) in [4.78, 5) is 4.58. The summed E-state index contributed by atoms with van der Waals surface area (Å²) >= 11 is 0. The molecule has 86 valence electrons. The van der Waals surface area contributed by atoms with Gasteiger partial charge in [-0.3, -0.25) is 4.84 Å². The number of hydrogen-bond donors (Lipinski definition) is 1. The van der Waals surface area contributed by atoms with Crippen molar-refractivity contribution in [2.45, 2.75) is 45.8 Å². The first-order valence-corrected chi connectivity index (χ1v) is 5.25. The smallest absolute Gasteiger partial charge is 0.0992 e. The third-order valence-corrected chi connectivity index (χ3v) is 1.84. The molecule has 2 N–H and O–H groups in total. The second-order valence-electron chi connectivity index (χ2n) is 3.52. The van der Waals surface area contributed by atoms with Crippen LogP contribution in [0.15, 0.2) is 0 Å². The van der Waals surface area contributed by atoms with Crippen LogP contribution in [0.5, 0.6) is 0 Å². The van der Waals surface area contributed by atoms with E-state index < -0.39 is 0 Å². The number of unbranched alkanes of at least 4 members (excludes halogenated alkanes) is 1. The first-order chi connectivity index (χ1) is 6.70. The van der Waals surface area contributed by atoms with Crippen LogP contribution in [0.4, 0.5) is 0 Å². The van der Waals surface area contributed by atoms with E-state index in [1.807, 2.05) is 13.8 Å². The summed E-state index contributed by atoms with van der Waals surface area (Å²) in [5.74, 6) is 4.99. The van der Waals surface area contributed by atoms with E-state index in [4.69, 9.17) is 15.4 Å². The molecule has 0 spiro atoms. The van der Waals surface area contributed by atoms with Crippen LogP contribution in [0, 0.1) is 0 Å². The van der Waals surface area contributed by atoms with E-state index in [9.17, 15) is 0 Å². The third kappa shape index (κ3) is 8.44. The van der Waals surface area contributed by atoms with Crippen molar-refractivity contribution >= 4 is 0 Å². The van der Waals surface area contributed by atoms with Gasteiger partial charge in [-0.25, -0.2) is 5.90 Å². The Labute approximate surface area is 86.7 Å². The van der Waals surface area contributed by atoms with Crippen molar-refractivity contribution in [2.75, 3.05) is 19.8 Å². The van der Waals surface area contributed by atoms with Gasteiger partial charge in [-0.05, 0) is 20.3 Å². The van der Waals surface area contributed by atoms with Crippen molar-refractivity contribution in [1.29, 1.82) is 0 Å². The predicted molar refractivity (Wildman–Crippen MR) is 55.9 cm³/mol. The first-order valence-electron chi connectivity index (χ1n) is 5.25. The average molecular weight is 205 g/mol. The quantitative estimate of drug-likeness (QED) is 0.457. The van der Waals surface area contributed by atoms with Crippen LogP contribution in [0.2, 0.25) is 0 Å². The molecule has 0 bridgehead atoms. The molecule has 0 fully saturated rings. The highest BCUT2D eigenvalue weighted by molar-refractivity contribution is 4.51. The fraction of sp³-hybridized carbons (Fsp3) is 1.00. The van der Waals surface area contributed by atoms with Gasteiger partial charge in [-0.2, -0.15) is 0 Å². The number of ether oxygens (including phenoxy) is 2. The lowest BCUT2D eigenvalue weighted by Crippen LogP contribution is -2.25. The van der Waals surface area contributed by atoms with Gasteiger partial charge in [0.2, 0.25) is 0 Å². The molecule has 14 heavy (non-hydrogen) atoms. The minimum atomic E-state index is -0.0620.